The fourth-order valence-electron chi connectivity index (χ4n) is 1.27. The number of aromatic carboxylic acids is 1. The van der Waals surface area contributed by atoms with Crippen LogP contribution < -0.4 is 10.6 Å². The van der Waals surface area contributed by atoms with E-state index in [1.54, 1.807) is 18.2 Å². The molecule has 1 aromatic carbocycles. The SMILES string of the molecule is CC(CN)N(C)c1cccc(C(=O)O)c1. The first-order chi connectivity index (χ1) is 7.06. The summed E-state index contributed by atoms with van der Waals surface area (Å²) in [6.07, 6.45) is 0. The first-order valence-electron chi connectivity index (χ1n) is 4.82. The quantitative estimate of drug-likeness (QED) is 0.779. The molecule has 0 amide bonds. The Balaban J connectivity index is 2.94. The van der Waals surface area contributed by atoms with Gasteiger partial charge in [-0.25, -0.2) is 4.79 Å². The van der Waals surface area contributed by atoms with Crippen LogP contribution in [0.15, 0.2) is 24.3 Å². The Kier molecular flexibility index (Phi) is 3.68. The minimum atomic E-state index is -0.911. The summed E-state index contributed by atoms with van der Waals surface area (Å²) < 4.78 is 0. The lowest BCUT2D eigenvalue weighted by Gasteiger charge is -2.25. The third-order valence-electron chi connectivity index (χ3n) is 2.50. The van der Waals surface area contributed by atoms with Crippen LogP contribution in [0.4, 0.5) is 5.69 Å². The lowest BCUT2D eigenvalue weighted by Crippen LogP contribution is -2.35. The van der Waals surface area contributed by atoms with Crippen molar-refractivity contribution in [3.63, 3.8) is 0 Å². The second-order valence-corrected chi connectivity index (χ2v) is 3.55. The average Bonchev–Trinajstić information content (AvgIpc) is 2.27. The van der Waals surface area contributed by atoms with Gasteiger partial charge in [-0.1, -0.05) is 6.07 Å². The van der Waals surface area contributed by atoms with Gasteiger partial charge >= 0.3 is 5.97 Å². The summed E-state index contributed by atoms with van der Waals surface area (Å²) in [4.78, 5) is 12.7. The second-order valence-electron chi connectivity index (χ2n) is 3.55. The fourth-order valence-corrected chi connectivity index (χ4v) is 1.27. The summed E-state index contributed by atoms with van der Waals surface area (Å²) in [5.74, 6) is -0.911. The number of anilines is 1. The maximum Gasteiger partial charge on any atom is 0.335 e. The second kappa shape index (κ2) is 4.79. The number of carboxylic acids is 1. The molecule has 0 aromatic heterocycles. The van der Waals surface area contributed by atoms with Crippen LogP contribution in [0.3, 0.4) is 0 Å². The molecule has 0 aliphatic rings. The number of hydrogen-bond donors (Lipinski definition) is 2. The van der Waals surface area contributed by atoms with E-state index < -0.39 is 5.97 Å². The Morgan fingerprint density at radius 2 is 2.27 bits per heavy atom. The number of likely N-dealkylation sites (N-methyl/N-ethyl adjacent to an activating group) is 1. The molecule has 0 aliphatic carbocycles. The van der Waals surface area contributed by atoms with Crippen LogP contribution in [0.5, 0.6) is 0 Å². The highest BCUT2D eigenvalue weighted by Gasteiger charge is 2.10. The van der Waals surface area contributed by atoms with E-state index in [0.29, 0.717) is 12.1 Å². The van der Waals surface area contributed by atoms with Crippen molar-refractivity contribution in [3.05, 3.63) is 29.8 Å². The number of nitrogens with zero attached hydrogens (tertiary/aromatic N) is 1. The van der Waals surface area contributed by atoms with E-state index in [2.05, 4.69) is 0 Å². The van der Waals surface area contributed by atoms with Crippen LogP contribution in [0.25, 0.3) is 0 Å². The molecule has 0 radical (unpaired) electrons. The van der Waals surface area contributed by atoms with Gasteiger partial charge in [-0.3, -0.25) is 0 Å². The molecule has 0 bridgehead atoms. The van der Waals surface area contributed by atoms with Crippen molar-refractivity contribution in [2.75, 3.05) is 18.5 Å². The van der Waals surface area contributed by atoms with E-state index >= 15 is 0 Å². The van der Waals surface area contributed by atoms with E-state index in [0.717, 1.165) is 5.69 Å². The molecule has 0 aliphatic heterocycles. The highest BCUT2D eigenvalue weighted by molar-refractivity contribution is 5.88. The molecule has 3 N–H and O–H groups in total. The molecule has 15 heavy (non-hydrogen) atoms. The largest absolute Gasteiger partial charge is 0.478 e. The van der Waals surface area contributed by atoms with Crippen LogP contribution in [0.1, 0.15) is 17.3 Å². The zero-order chi connectivity index (χ0) is 11.4. The number of nitrogens with two attached hydrogens (primary N) is 1. The Hall–Kier alpha value is -1.55. The third kappa shape index (κ3) is 2.70. The Morgan fingerprint density at radius 3 is 2.80 bits per heavy atom. The maximum absolute atomic E-state index is 10.8. The van der Waals surface area contributed by atoms with Crippen molar-refractivity contribution in [1.82, 2.24) is 0 Å². The van der Waals surface area contributed by atoms with Crippen molar-refractivity contribution < 1.29 is 9.90 Å². The van der Waals surface area contributed by atoms with Crippen LogP contribution >= 0.6 is 0 Å². The first kappa shape index (κ1) is 11.5. The van der Waals surface area contributed by atoms with Gasteiger partial charge in [0.15, 0.2) is 0 Å². The molecule has 1 unspecified atom stereocenters. The predicted octanol–water partition coefficient (Wildman–Crippen LogP) is 1.17. The van der Waals surface area contributed by atoms with Crippen LogP contribution in [-0.2, 0) is 0 Å². The minimum absolute atomic E-state index is 0.189. The van der Waals surface area contributed by atoms with Crippen molar-refractivity contribution >= 4 is 11.7 Å². The molecule has 0 saturated heterocycles. The smallest absolute Gasteiger partial charge is 0.335 e. The minimum Gasteiger partial charge on any atom is -0.478 e. The van der Waals surface area contributed by atoms with Gasteiger partial charge in [0.25, 0.3) is 0 Å². The van der Waals surface area contributed by atoms with Crippen LogP contribution in [0, 0.1) is 0 Å². The standard InChI is InChI=1S/C11H16N2O2/c1-8(7-12)13(2)10-5-3-4-9(6-10)11(14)15/h3-6,8H,7,12H2,1-2H3,(H,14,15). The highest BCUT2D eigenvalue weighted by Crippen LogP contribution is 2.16. The van der Waals surface area contributed by atoms with E-state index in [1.807, 2.05) is 24.9 Å². The van der Waals surface area contributed by atoms with Crippen LogP contribution in [0.2, 0.25) is 0 Å². The molecule has 1 rings (SSSR count). The zero-order valence-corrected chi connectivity index (χ0v) is 8.97. The van der Waals surface area contributed by atoms with Gasteiger partial charge in [0.1, 0.15) is 0 Å². The summed E-state index contributed by atoms with van der Waals surface area (Å²) in [5.41, 5.74) is 6.71. The summed E-state index contributed by atoms with van der Waals surface area (Å²) in [6, 6.07) is 7.02. The summed E-state index contributed by atoms with van der Waals surface area (Å²) in [7, 11) is 1.90. The van der Waals surface area contributed by atoms with Gasteiger partial charge < -0.3 is 15.7 Å². The molecule has 4 nitrogen and oxygen atoms in total. The van der Waals surface area contributed by atoms with Gasteiger partial charge in [0.05, 0.1) is 5.56 Å². The predicted molar refractivity (Wildman–Crippen MR) is 60.3 cm³/mol. The zero-order valence-electron chi connectivity index (χ0n) is 8.97. The van der Waals surface area contributed by atoms with Crippen molar-refractivity contribution in [3.8, 4) is 0 Å². The number of rotatable bonds is 4. The van der Waals surface area contributed by atoms with Gasteiger partial charge in [-0.05, 0) is 25.1 Å². The summed E-state index contributed by atoms with van der Waals surface area (Å²) >= 11 is 0. The molecule has 0 spiro atoms. The molecular weight excluding hydrogens is 192 g/mol. The molecule has 0 saturated carbocycles. The molecule has 1 aromatic rings. The van der Waals surface area contributed by atoms with E-state index in [9.17, 15) is 4.79 Å². The number of benzene rings is 1. The number of carboxylic acid groups (broad SMARTS) is 1. The van der Waals surface area contributed by atoms with E-state index in [4.69, 9.17) is 10.8 Å². The molecule has 1 atom stereocenters. The van der Waals surface area contributed by atoms with Gasteiger partial charge in [0.2, 0.25) is 0 Å². The van der Waals surface area contributed by atoms with Gasteiger partial charge in [-0.15, -0.1) is 0 Å². The first-order valence-corrected chi connectivity index (χ1v) is 4.82. The lowest BCUT2D eigenvalue weighted by molar-refractivity contribution is 0.0697. The van der Waals surface area contributed by atoms with Gasteiger partial charge in [0, 0.05) is 25.3 Å². The summed E-state index contributed by atoms with van der Waals surface area (Å²) in [5, 5.41) is 8.84. The van der Waals surface area contributed by atoms with Crippen molar-refractivity contribution in [2.45, 2.75) is 13.0 Å². The topological polar surface area (TPSA) is 66.6 Å². The Morgan fingerprint density at radius 1 is 1.60 bits per heavy atom. The third-order valence-corrected chi connectivity index (χ3v) is 2.50. The molecular formula is C11H16N2O2. The Bertz CT molecular complexity index is 352. The van der Waals surface area contributed by atoms with E-state index in [-0.39, 0.29) is 6.04 Å². The lowest BCUT2D eigenvalue weighted by atomic mass is 10.1. The normalized spacial score (nSPS) is 12.2. The molecule has 0 heterocycles. The van der Waals surface area contributed by atoms with Crippen molar-refractivity contribution in [2.24, 2.45) is 5.73 Å². The maximum atomic E-state index is 10.8. The fraction of sp³-hybridized carbons (Fsp3) is 0.364. The molecule has 0 fully saturated rings. The van der Waals surface area contributed by atoms with Gasteiger partial charge in [-0.2, -0.15) is 0 Å². The van der Waals surface area contributed by atoms with E-state index in [1.165, 1.54) is 0 Å². The monoisotopic (exact) mass is 208 g/mol. The highest BCUT2D eigenvalue weighted by atomic mass is 16.4. The molecule has 4 heteroatoms. The average molecular weight is 208 g/mol. The van der Waals surface area contributed by atoms with Crippen molar-refractivity contribution in [1.29, 1.82) is 0 Å². The Labute approximate surface area is 89.3 Å². The number of carbonyl (C=O) groups is 1. The summed E-state index contributed by atoms with van der Waals surface area (Å²) in [6.45, 7) is 2.53. The number of hydrogen-bond acceptors (Lipinski definition) is 3. The van der Waals surface area contributed by atoms with Crippen LogP contribution in [-0.4, -0.2) is 30.7 Å². The molecule has 82 valence electrons.